The van der Waals surface area contributed by atoms with E-state index in [-0.39, 0.29) is 11.5 Å². The fraction of sp³-hybridized carbons (Fsp3) is 0.500. The molecule has 0 spiro atoms. The van der Waals surface area contributed by atoms with Gasteiger partial charge >= 0.3 is 0 Å². The van der Waals surface area contributed by atoms with Gasteiger partial charge in [-0.25, -0.2) is 0 Å². The van der Waals surface area contributed by atoms with Gasteiger partial charge in [-0.1, -0.05) is 0 Å². The third-order valence-corrected chi connectivity index (χ3v) is 2.93. The summed E-state index contributed by atoms with van der Waals surface area (Å²) in [5.41, 5.74) is 0.143. The fourth-order valence-corrected chi connectivity index (χ4v) is 1.88. The average Bonchev–Trinajstić information content (AvgIpc) is 2.37. The number of aromatic nitrogens is 1. The molecule has 0 radical (unpaired) electrons. The minimum Gasteiger partial charge on any atom is -0.381 e. The molecule has 0 aliphatic carbocycles. The van der Waals surface area contributed by atoms with Gasteiger partial charge in [0.25, 0.3) is 5.91 Å². The maximum atomic E-state index is 11.7. The molecule has 0 aromatic carbocycles. The van der Waals surface area contributed by atoms with Gasteiger partial charge in [-0.15, -0.1) is 0 Å². The lowest BCUT2D eigenvalue weighted by atomic mass is 10.0. The number of hydrogen-bond acceptors (Lipinski definition) is 3. The monoisotopic (exact) mass is 236 g/mol. The molecule has 1 aromatic heterocycles. The number of amides is 1. The van der Waals surface area contributed by atoms with Gasteiger partial charge in [0.1, 0.15) is 0 Å². The number of nitrogens with one attached hydrogen (secondary N) is 2. The Bertz CT molecular complexity index is 435. The highest BCUT2D eigenvalue weighted by molar-refractivity contribution is 5.93. The number of carbonyl (C=O) groups excluding carboxylic acids is 1. The number of ether oxygens (including phenoxy) is 1. The van der Waals surface area contributed by atoms with Gasteiger partial charge in [0.15, 0.2) is 0 Å². The van der Waals surface area contributed by atoms with Gasteiger partial charge in [-0.2, -0.15) is 0 Å². The van der Waals surface area contributed by atoms with E-state index in [0.717, 1.165) is 26.1 Å². The molecule has 1 saturated heterocycles. The first-order valence-corrected chi connectivity index (χ1v) is 5.80. The third kappa shape index (κ3) is 3.42. The van der Waals surface area contributed by atoms with Crippen molar-refractivity contribution in [3.63, 3.8) is 0 Å². The molecule has 92 valence electrons. The highest BCUT2D eigenvalue weighted by Gasteiger charge is 2.15. The van der Waals surface area contributed by atoms with Crippen molar-refractivity contribution in [3.8, 4) is 0 Å². The van der Waals surface area contributed by atoms with Gasteiger partial charge in [0.05, 0.1) is 0 Å². The molecule has 5 heteroatoms. The number of aromatic amines is 1. The van der Waals surface area contributed by atoms with Crippen molar-refractivity contribution in [1.29, 1.82) is 0 Å². The van der Waals surface area contributed by atoms with E-state index in [1.165, 1.54) is 12.3 Å². The van der Waals surface area contributed by atoms with Gasteiger partial charge in [0, 0.05) is 37.6 Å². The zero-order chi connectivity index (χ0) is 12.1. The summed E-state index contributed by atoms with van der Waals surface area (Å²) in [6, 6.07) is 2.90. The SMILES string of the molecule is O=C(NCC1CCOCC1)c1cc[nH]c(=O)c1. The summed E-state index contributed by atoms with van der Waals surface area (Å²) in [6.45, 7) is 2.19. The Labute approximate surface area is 99.2 Å². The Balaban J connectivity index is 1.86. The number of rotatable bonds is 3. The molecule has 1 aliphatic rings. The first-order chi connectivity index (χ1) is 8.25. The van der Waals surface area contributed by atoms with Crippen molar-refractivity contribution in [2.24, 2.45) is 5.92 Å². The molecule has 1 fully saturated rings. The Morgan fingerprint density at radius 3 is 2.94 bits per heavy atom. The lowest BCUT2D eigenvalue weighted by Gasteiger charge is -2.22. The van der Waals surface area contributed by atoms with Crippen molar-refractivity contribution in [2.45, 2.75) is 12.8 Å². The van der Waals surface area contributed by atoms with E-state index < -0.39 is 0 Å². The predicted octanol–water partition coefficient (Wildman–Crippen LogP) is 0.531. The van der Waals surface area contributed by atoms with E-state index >= 15 is 0 Å². The van der Waals surface area contributed by atoms with Crippen LogP contribution >= 0.6 is 0 Å². The smallest absolute Gasteiger partial charge is 0.251 e. The van der Waals surface area contributed by atoms with Crippen LogP contribution in [0.4, 0.5) is 0 Å². The quantitative estimate of drug-likeness (QED) is 0.804. The van der Waals surface area contributed by atoms with Gasteiger partial charge in [0.2, 0.25) is 5.56 Å². The van der Waals surface area contributed by atoms with Gasteiger partial charge in [-0.3, -0.25) is 9.59 Å². The first-order valence-electron chi connectivity index (χ1n) is 5.80. The molecule has 5 nitrogen and oxygen atoms in total. The van der Waals surface area contributed by atoms with Crippen LogP contribution in [0.15, 0.2) is 23.1 Å². The topological polar surface area (TPSA) is 71.2 Å². The fourth-order valence-electron chi connectivity index (χ4n) is 1.88. The standard InChI is InChI=1S/C12H16N2O3/c15-11-7-10(1-4-13-11)12(16)14-8-9-2-5-17-6-3-9/h1,4,7,9H,2-3,5-6,8H2,(H,13,15)(H,14,16). The van der Waals surface area contributed by atoms with Crippen LogP contribution in [0.1, 0.15) is 23.2 Å². The van der Waals surface area contributed by atoms with E-state index in [2.05, 4.69) is 10.3 Å². The van der Waals surface area contributed by atoms with E-state index in [1.807, 2.05) is 0 Å². The molecule has 2 rings (SSSR count). The number of pyridine rings is 1. The summed E-state index contributed by atoms with van der Waals surface area (Å²) in [5, 5.41) is 2.85. The summed E-state index contributed by atoms with van der Waals surface area (Å²) in [6.07, 6.45) is 3.44. The summed E-state index contributed by atoms with van der Waals surface area (Å²) >= 11 is 0. The molecule has 0 saturated carbocycles. The molecule has 0 atom stereocenters. The third-order valence-electron chi connectivity index (χ3n) is 2.93. The summed E-state index contributed by atoms with van der Waals surface area (Å²) in [5.74, 6) is 0.289. The number of H-pyrrole nitrogens is 1. The Morgan fingerprint density at radius 1 is 1.47 bits per heavy atom. The molecule has 2 N–H and O–H groups in total. The van der Waals surface area contributed by atoms with Crippen LogP contribution in [0.3, 0.4) is 0 Å². The molecule has 1 amide bonds. The van der Waals surface area contributed by atoms with Gasteiger partial charge < -0.3 is 15.0 Å². The molecule has 0 unspecified atom stereocenters. The van der Waals surface area contributed by atoms with E-state index in [9.17, 15) is 9.59 Å². The summed E-state index contributed by atoms with van der Waals surface area (Å²) < 4.78 is 5.25. The second kappa shape index (κ2) is 5.63. The van der Waals surface area contributed by atoms with Crippen LogP contribution in [0.5, 0.6) is 0 Å². The minimum atomic E-state index is -0.260. The second-order valence-electron chi connectivity index (χ2n) is 4.21. The molecular weight excluding hydrogens is 220 g/mol. The van der Waals surface area contributed by atoms with E-state index in [0.29, 0.717) is 18.0 Å². The molecule has 17 heavy (non-hydrogen) atoms. The van der Waals surface area contributed by atoms with Crippen molar-refractivity contribution in [2.75, 3.05) is 19.8 Å². The van der Waals surface area contributed by atoms with Crippen LogP contribution in [0.25, 0.3) is 0 Å². The number of carbonyl (C=O) groups is 1. The normalized spacial score (nSPS) is 16.7. The van der Waals surface area contributed by atoms with Crippen LogP contribution in [-0.2, 0) is 4.74 Å². The lowest BCUT2D eigenvalue weighted by molar-refractivity contribution is 0.0642. The minimum absolute atomic E-state index is 0.192. The molecule has 2 heterocycles. The second-order valence-corrected chi connectivity index (χ2v) is 4.21. The van der Waals surface area contributed by atoms with Crippen molar-refractivity contribution in [1.82, 2.24) is 10.3 Å². The lowest BCUT2D eigenvalue weighted by Crippen LogP contribution is -2.32. The number of hydrogen-bond donors (Lipinski definition) is 2. The zero-order valence-electron chi connectivity index (χ0n) is 9.57. The summed E-state index contributed by atoms with van der Waals surface area (Å²) in [7, 11) is 0. The van der Waals surface area contributed by atoms with Crippen LogP contribution in [-0.4, -0.2) is 30.6 Å². The van der Waals surface area contributed by atoms with Crippen molar-refractivity contribution in [3.05, 3.63) is 34.2 Å². The largest absolute Gasteiger partial charge is 0.381 e. The highest BCUT2D eigenvalue weighted by Crippen LogP contribution is 2.13. The molecule has 1 aliphatic heterocycles. The van der Waals surface area contributed by atoms with Crippen LogP contribution in [0, 0.1) is 5.92 Å². The van der Waals surface area contributed by atoms with E-state index in [4.69, 9.17) is 4.74 Å². The zero-order valence-corrected chi connectivity index (χ0v) is 9.57. The molecule has 0 bridgehead atoms. The maximum Gasteiger partial charge on any atom is 0.251 e. The van der Waals surface area contributed by atoms with Crippen molar-refractivity contribution >= 4 is 5.91 Å². The Morgan fingerprint density at radius 2 is 2.24 bits per heavy atom. The Kier molecular flexibility index (Phi) is 3.93. The summed E-state index contributed by atoms with van der Waals surface area (Å²) in [4.78, 5) is 25.3. The molecular formula is C12H16N2O3. The molecule has 1 aromatic rings. The van der Waals surface area contributed by atoms with Crippen LogP contribution < -0.4 is 10.9 Å². The predicted molar refractivity (Wildman–Crippen MR) is 62.9 cm³/mol. The van der Waals surface area contributed by atoms with Gasteiger partial charge in [-0.05, 0) is 24.8 Å². The maximum absolute atomic E-state index is 11.7. The van der Waals surface area contributed by atoms with Crippen LogP contribution in [0.2, 0.25) is 0 Å². The van der Waals surface area contributed by atoms with E-state index in [1.54, 1.807) is 6.07 Å². The Hall–Kier alpha value is -1.62. The highest BCUT2D eigenvalue weighted by atomic mass is 16.5. The average molecular weight is 236 g/mol. The van der Waals surface area contributed by atoms with Crippen molar-refractivity contribution < 1.29 is 9.53 Å². The first kappa shape index (κ1) is 11.9.